The monoisotopic (exact) mass is 325 g/mol. The van der Waals surface area contributed by atoms with E-state index in [0.717, 1.165) is 11.4 Å². The first-order valence-electron chi connectivity index (χ1n) is 7.81. The lowest BCUT2D eigenvalue weighted by Crippen LogP contribution is -2.56. The molecular weight excluding hydrogens is 298 g/mol. The van der Waals surface area contributed by atoms with Crippen molar-refractivity contribution in [2.75, 3.05) is 33.4 Å². The highest BCUT2D eigenvalue weighted by Gasteiger charge is 2.35. The van der Waals surface area contributed by atoms with Crippen molar-refractivity contribution in [1.82, 2.24) is 14.7 Å². The molecule has 1 fully saturated rings. The van der Waals surface area contributed by atoms with Crippen molar-refractivity contribution in [3.05, 3.63) is 11.4 Å². The Morgan fingerprint density at radius 2 is 2.13 bits per heavy atom. The van der Waals surface area contributed by atoms with Crippen LogP contribution in [0.4, 0.5) is 0 Å². The Morgan fingerprint density at radius 1 is 1.43 bits per heavy atom. The molecule has 1 saturated heterocycles. The predicted molar refractivity (Wildman–Crippen MR) is 85.6 cm³/mol. The number of carbonyl (C=O) groups is 1. The number of carbonyl (C=O) groups excluding carboxylic acids is 1. The molecule has 0 unspecified atom stereocenters. The summed E-state index contributed by atoms with van der Waals surface area (Å²) < 4.78 is 18.6. The highest BCUT2D eigenvalue weighted by atomic mass is 16.5. The number of rotatable bonds is 5. The second kappa shape index (κ2) is 6.88. The molecule has 1 amide bonds. The highest BCUT2D eigenvalue weighted by molar-refractivity contribution is 5.78. The van der Waals surface area contributed by atoms with Crippen LogP contribution >= 0.6 is 0 Å². The minimum Gasteiger partial charge on any atom is -0.480 e. The number of methoxy groups -OCH3 is 1. The Balaban J connectivity index is 1.99. The van der Waals surface area contributed by atoms with Gasteiger partial charge in [0.25, 0.3) is 5.91 Å². The average Bonchev–Trinajstić information content (AvgIpc) is 2.68. The standard InChI is InChI=1S/C16H27N3O4/c1-11-15(12(2)18(5)17-11)22-9-14(20)19-7-13(8-21-6)23-16(3,4)10-19/h13H,7-10H2,1-6H3/t13-/m0/s1. The molecule has 1 aromatic rings. The summed E-state index contributed by atoms with van der Waals surface area (Å²) in [7, 11) is 3.49. The van der Waals surface area contributed by atoms with Crippen LogP contribution in [0.15, 0.2) is 0 Å². The van der Waals surface area contributed by atoms with E-state index < -0.39 is 5.60 Å². The van der Waals surface area contributed by atoms with E-state index in [4.69, 9.17) is 14.2 Å². The maximum atomic E-state index is 12.5. The molecule has 1 atom stereocenters. The van der Waals surface area contributed by atoms with Crippen molar-refractivity contribution in [3.8, 4) is 5.75 Å². The quantitative estimate of drug-likeness (QED) is 0.810. The van der Waals surface area contributed by atoms with E-state index in [1.54, 1.807) is 16.7 Å². The molecule has 7 nitrogen and oxygen atoms in total. The van der Waals surface area contributed by atoms with E-state index in [9.17, 15) is 4.79 Å². The molecule has 1 aliphatic heterocycles. The van der Waals surface area contributed by atoms with Gasteiger partial charge < -0.3 is 19.1 Å². The minimum absolute atomic E-state index is 0.00313. The van der Waals surface area contributed by atoms with Crippen LogP contribution in [0.3, 0.4) is 0 Å². The van der Waals surface area contributed by atoms with Gasteiger partial charge in [-0.2, -0.15) is 5.10 Å². The molecule has 0 radical (unpaired) electrons. The van der Waals surface area contributed by atoms with Crippen LogP contribution in [0.25, 0.3) is 0 Å². The molecule has 2 rings (SSSR count). The molecule has 7 heteroatoms. The maximum absolute atomic E-state index is 12.5. The van der Waals surface area contributed by atoms with Gasteiger partial charge in [0.05, 0.1) is 24.0 Å². The second-order valence-corrected chi connectivity index (χ2v) is 6.64. The van der Waals surface area contributed by atoms with Gasteiger partial charge in [0, 0.05) is 27.2 Å². The highest BCUT2D eigenvalue weighted by Crippen LogP contribution is 2.23. The van der Waals surface area contributed by atoms with Crippen LogP contribution < -0.4 is 4.74 Å². The summed E-state index contributed by atoms with van der Waals surface area (Å²) >= 11 is 0. The smallest absolute Gasteiger partial charge is 0.260 e. The van der Waals surface area contributed by atoms with E-state index in [0.29, 0.717) is 25.4 Å². The number of aryl methyl sites for hydroxylation is 2. The molecule has 0 saturated carbocycles. The normalized spacial score (nSPS) is 20.6. The lowest BCUT2D eigenvalue weighted by Gasteiger charge is -2.42. The van der Waals surface area contributed by atoms with Gasteiger partial charge in [-0.05, 0) is 27.7 Å². The second-order valence-electron chi connectivity index (χ2n) is 6.64. The Labute approximate surface area is 137 Å². The van der Waals surface area contributed by atoms with Crippen molar-refractivity contribution in [1.29, 1.82) is 0 Å². The molecular formula is C16H27N3O4. The zero-order valence-corrected chi connectivity index (χ0v) is 14.9. The van der Waals surface area contributed by atoms with Crippen LogP contribution in [-0.4, -0.2) is 65.7 Å². The molecule has 0 aromatic carbocycles. The number of amides is 1. The molecule has 0 N–H and O–H groups in total. The van der Waals surface area contributed by atoms with Gasteiger partial charge in [0.15, 0.2) is 12.4 Å². The lowest BCUT2D eigenvalue weighted by molar-refractivity contribution is -0.170. The van der Waals surface area contributed by atoms with Gasteiger partial charge in [0.1, 0.15) is 5.69 Å². The summed E-state index contributed by atoms with van der Waals surface area (Å²) in [5.41, 5.74) is 1.31. The Bertz CT molecular complexity index is 568. The van der Waals surface area contributed by atoms with Crippen molar-refractivity contribution in [3.63, 3.8) is 0 Å². The first-order chi connectivity index (χ1) is 10.7. The third-order valence-electron chi connectivity index (χ3n) is 3.97. The summed E-state index contributed by atoms with van der Waals surface area (Å²) in [6.07, 6.45) is -0.116. The fraction of sp³-hybridized carbons (Fsp3) is 0.750. The Hall–Kier alpha value is -1.60. The van der Waals surface area contributed by atoms with Gasteiger partial charge in [-0.1, -0.05) is 0 Å². The van der Waals surface area contributed by atoms with Crippen molar-refractivity contribution in [2.24, 2.45) is 7.05 Å². The maximum Gasteiger partial charge on any atom is 0.260 e. The molecule has 1 aliphatic rings. The van der Waals surface area contributed by atoms with E-state index in [-0.39, 0.29) is 18.6 Å². The minimum atomic E-state index is -0.392. The first kappa shape index (κ1) is 17.7. The van der Waals surface area contributed by atoms with Gasteiger partial charge in [-0.25, -0.2) is 0 Å². The summed E-state index contributed by atoms with van der Waals surface area (Å²) in [6, 6.07) is 0. The fourth-order valence-electron chi connectivity index (χ4n) is 2.95. The third kappa shape index (κ3) is 4.23. The van der Waals surface area contributed by atoms with E-state index in [1.165, 1.54) is 0 Å². The predicted octanol–water partition coefficient (Wildman–Crippen LogP) is 1.07. The summed E-state index contributed by atoms with van der Waals surface area (Å²) in [6.45, 7) is 9.28. The topological polar surface area (TPSA) is 65.8 Å². The summed E-state index contributed by atoms with van der Waals surface area (Å²) in [4.78, 5) is 14.3. The van der Waals surface area contributed by atoms with Crippen LogP contribution in [0, 0.1) is 13.8 Å². The van der Waals surface area contributed by atoms with Gasteiger partial charge in [-0.15, -0.1) is 0 Å². The summed E-state index contributed by atoms with van der Waals surface area (Å²) in [5.74, 6) is 0.631. The zero-order chi connectivity index (χ0) is 17.2. The van der Waals surface area contributed by atoms with E-state index in [1.807, 2.05) is 34.7 Å². The number of hydrogen-bond donors (Lipinski definition) is 0. The largest absolute Gasteiger partial charge is 0.480 e. The van der Waals surface area contributed by atoms with E-state index >= 15 is 0 Å². The van der Waals surface area contributed by atoms with Gasteiger partial charge in [0.2, 0.25) is 0 Å². The molecule has 23 heavy (non-hydrogen) atoms. The van der Waals surface area contributed by atoms with Crippen molar-refractivity contribution in [2.45, 2.75) is 39.4 Å². The Morgan fingerprint density at radius 3 is 2.70 bits per heavy atom. The molecule has 1 aromatic heterocycles. The molecule has 0 bridgehead atoms. The van der Waals surface area contributed by atoms with Crippen molar-refractivity contribution >= 4 is 5.91 Å². The average molecular weight is 325 g/mol. The third-order valence-corrected chi connectivity index (χ3v) is 3.97. The zero-order valence-electron chi connectivity index (χ0n) is 14.9. The molecule has 2 heterocycles. The number of aromatic nitrogens is 2. The van der Waals surface area contributed by atoms with Crippen LogP contribution in [0.1, 0.15) is 25.2 Å². The molecule has 0 aliphatic carbocycles. The molecule has 0 spiro atoms. The van der Waals surface area contributed by atoms with Gasteiger partial charge >= 0.3 is 0 Å². The van der Waals surface area contributed by atoms with E-state index in [2.05, 4.69) is 5.10 Å². The van der Waals surface area contributed by atoms with Crippen LogP contribution in [0.5, 0.6) is 5.75 Å². The Kier molecular flexibility index (Phi) is 5.31. The van der Waals surface area contributed by atoms with Gasteiger partial charge in [-0.3, -0.25) is 9.48 Å². The first-order valence-corrected chi connectivity index (χ1v) is 7.81. The van der Waals surface area contributed by atoms with Crippen molar-refractivity contribution < 1.29 is 19.0 Å². The fourth-order valence-corrected chi connectivity index (χ4v) is 2.95. The van der Waals surface area contributed by atoms with Crippen LogP contribution in [-0.2, 0) is 21.3 Å². The SMILES string of the molecule is COC[C@@H]1CN(C(=O)COc2c(C)nn(C)c2C)CC(C)(C)O1. The number of morpholine rings is 1. The van der Waals surface area contributed by atoms with Crippen LogP contribution in [0.2, 0.25) is 0 Å². The number of hydrogen-bond acceptors (Lipinski definition) is 5. The number of ether oxygens (including phenoxy) is 3. The molecule has 130 valence electrons. The number of nitrogens with zero attached hydrogens (tertiary/aromatic N) is 3. The summed E-state index contributed by atoms with van der Waals surface area (Å²) in [5, 5.41) is 4.29. The lowest BCUT2D eigenvalue weighted by atomic mass is 10.1.